The van der Waals surface area contributed by atoms with Gasteiger partial charge in [-0.25, -0.2) is 0 Å². The lowest BCUT2D eigenvalue weighted by molar-refractivity contribution is -0.130. The predicted octanol–water partition coefficient (Wildman–Crippen LogP) is 1.48. The van der Waals surface area contributed by atoms with Crippen LogP contribution in [0.1, 0.15) is 54.2 Å². The normalized spacial score (nSPS) is 26.6. The predicted molar refractivity (Wildman–Crippen MR) is 111 cm³/mol. The van der Waals surface area contributed by atoms with E-state index in [0.717, 1.165) is 24.0 Å². The third-order valence-corrected chi connectivity index (χ3v) is 7.12. The topological polar surface area (TPSA) is 100 Å². The molecule has 0 aliphatic carbocycles. The third-order valence-electron chi connectivity index (χ3n) is 7.12. The maximum absolute atomic E-state index is 12.8. The number of hydrogen-bond acceptors (Lipinski definition) is 5. The number of carbonyl (C=O) groups excluding carboxylic acids is 3. The average molecular weight is 415 g/mol. The van der Waals surface area contributed by atoms with E-state index in [1.807, 2.05) is 4.90 Å². The van der Waals surface area contributed by atoms with Gasteiger partial charge in [0.1, 0.15) is 0 Å². The van der Waals surface area contributed by atoms with Crippen LogP contribution in [0.2, 0.25) is 0 Å². The first-order chi connectivity index (χ1) is 14.2. The smallest absolute Gasteiger partial charge is 0.290 e. The fourth-order valence-corrected chi connectivity index (χ4v) is 5.00. The standard InChI is InChI=1S/C22H30N4O4/c1-13-8-15(14(2)24(13)3)4-7-20(27)25-9-16-11-26(12-17(16)10-25)22(29)19-6-5-18(30-19)21(23)28/h5-6,13-15H,4,7-12H2,1-3H3,(H2,23,28). The van der Waals surface area contributed by atoms with Crippen molar-refractivity contribution < 1.29 is 18.8 Å². The van der Waals surface area contributed by atoms with Gasteiger partial charge in [-0.05, 0) is 62.9 Å². The van der Waals surface area contributed by atoms with E-state index in [9.17, 15) is 14.4 Å². The van der Waals surface area contributed by atoms with Crippen molar-refractivity contribution in [3.63, 3.8) is 0 Å². The van der Waals surface area contributed by atoms with Crippen LogP contribution in [0.3, 0.4) is 0 Å². The highest BCUT2D eigenvalue weighted by Gasteiger charge is 2.37. The van der Waals surface area contributed by atoms with Crippen LogP contribution in [0.4, 0.5) is 0 Å². The average Bonchev–Trinajstić information content (AvgIpc) is 3.46. The SMILES string of the molecule is CC1CC(CCC(=O)N2CC3=C(C2)CN(C(=O)c2ccc(C(N)=O)o2)C3)C(C)N1C. The van der Waals surface area contributed by atoms with Crippen LogP contribution in [0.25, 0.3) is 0 Å². The zero-order valence-electron chi connectivity index (χ0n) is 17.9. The third kappa shape index (κ3) is 3.76. The minimum atomic E-state index is -0.696. The fraction of sp³-hybridized carbons (Fsp3) is 0.591. The van der Waals surface area contributed by atoms with Gasteiger partial charge in [0.25, 0.3) is 11.8 Å². The molecule has 8 nitrogen and oxygen atoms in total. The Morgan fingerprint density at radius 1 is 1.03 bits per heavy atom. The first-order valence-electron chi connectivity index (χ1n) is 10.6. The molecule has 1 fully saturated rings. The first-order valence-corrected chi connectivity index (χ1v) is 10.6. The second kappa shape index (κ2) is 7.91. The van der Waals surface area contributed by atoms with E-state index in [2.05, 4.69) is 25.8 Å². The van der Waals surface area contributed by atoms with E-state index in [4.69, 9.17) is 10.2 Å². The molecule has 0 bridgehead atoms. The molecule has 4 heterocycles. The lowest BCUT2D eigenvalue weighted by Gasteiger charge is -2.24. The number of furan rings is 1. The summed E-state index contributed by atoms with van der Waals surface area (Å²) in [7, 11) is 2.16. The zero-order chi connectivity index (χ0) is 21.6. The molecule has 3 unspecified atom stereocenters. The summed E-state index contributed by atoms with van der Waals surface area (Å²) in [5.41, 5.74) is 7.46. The van der Waals surface area contributed by atoms with Gasteiger partial charge in [0.2, 0.25) is 5.91 Å². The Hall–Kier alpha value is -2.61. The Labute approximate surface area is 176 Å². The lowest BCUT2D eigenvalue weighted by atomic mass is 9.94. The summed E-state index contributed by atoms with van der Waals surface area (Å²) in [6.07, 6.45) is 2.67. The second-order valence-electron chi connectivity index (χ2n) is 8.94. The molecule has 0 aromatic carbocycles. The molecule has 3 atom stereocenters. The quantitative estimate of drug-likeness (QED) is 0.736. The van der Waals surface area contributed by atoms with Crippen molar-refractivity contribution in [2.75, 3.05) is 33.2 Å². The molecule has 0 spiro atoms. The number of likely N-dealkylation sites (tertiary alicyclic amines) is 1. The van der Waals surface area contributed by atoms with E-state index >= 15 is 0 Å². The van der Waals surface area contributed by atoms with Gasteiger partial charge in [-0.2, -0.15) is 0 Å². The number of rotatable bonds is 5. The van der Waals surface area contributed by atoms with Crippen molar-refractivity contribution >= 4 is 17.7 Å². The Morgan fingerprint density at radius 2 is 1.63 bits per heavy atom. The summed E-state index contributed by atoms with van der Waals surface area (Å²) >= 11 is 0. The molecule has 30 heavy (non-hydrogen) atoms. The van der Waals surface area contributed by atoms with Crippen LogP contribution in [-0.2, 0) is 4.79 Å². The summed E-state index contributed by atoms with van der Waals surface area (Å²) in [6, 6.07) is 3.99. The largest absolute Gasteiger partial charge is 0.446 e. The monoisotopic (exact) mass is 414 g/mol. The van der Waals surface area contributed by atoms with Crippen molar-refractivity contribution in [3.05, 3.63) is 34.8 Å². The molecular weight excluding hydrogens is 384 g/mol. The Kier molecular flexibility index (Phi) is 5.44. The van der Waals surface area contributed by atoms with Gasteiger partial charge in [-0.15, -0.1) is 0 Å². The molecule has 0 saturated carbocycles. The second-order valence-corrected chi connectivity index (χ2v) is 8.94. The van der Waals surface area contributed by atoms with Gasteiger partial charge in [0.05, 0.1) is 0 Å². The van der Waals surface area contributed by atoms with Crippen LogP contribution in [0.5, 0.6) is 0 Å². The van der Waals surface area contributed by atoms with Crippen molar-refractivity contribution in [2.45, 2.75) is 45.2 Å². The van der Waals surface area contributed by atoms with Gasteiger partial charge in [0.15, 0.2) is 11.5 Å². The van der Waals surface area contributed by atoms with Gasteiger partial charge in [-0.1, -0.05) is 0 Å². The Balaban J connectivity index is 1.26. The molecule has 162 valence electrons. The zero-order valence-corrected chi connectivity index (χ0v) is 17.9. The molecule has 0 radical (unpaired) electrons. The molecule has 3 aliphatic rings. The number of nitrogens with two attached hydrogens (primary N) is 1. The van der Waals surface area contributed by atoms with Gasteiger partial charge in [-0.3, -0.25) is 14.4 Å². The number of amides is 3. The van der Waals surface area contributed by atoms with Gasteiger partial charge < -0.3 is 24.9 Å². The number of primary amides is 1. The van der Waals surface area contributed by atoms with Gasteiger partial charge >= 0.3 is 0 Å². The molecule has 3 aliphatic heterocycles. The van der Waals surface area contributed by atoms with Crippen LogP contribution in [0.15, 0.2) is 27.7 Å². The van der Waals surface area contributed by atoms with Crippen molar-refractivity contribution in [1.82, 2.24) is 14.7 Å². The Morgan fingerprint density at radius 3 is 2.17 bits per heavy atom. The summed E-state index contributed by atoms with van der Waals surface area (Å²) in [5, 5.41) is 0. The highest BCUT2D eigenvalue weighted by Crippen LogP contribution is 2.32. The number of carbonyl (C=O) groups is 3. The van der Waals surface area contributed by atoms with E-state index in [1.54, 1.807) is 4.90 Å². The van der Waals surface area contributed by atoms with E-state index in [1.165, 1.54) is 12.1 Å². The maximum Gasteiger partial charge on any atom is 0.290 e. The maximum atomic E-state index is 12.8. The molecule has 1 aromatic rings. The molecule has 1 saturated heterocycles. The minimum absolute atomic E-state index is 0.0213. The molecular formula is C22H30N4O4. The molecule has 3 amide bonds. The van der Waals surface area contributed by atoms with Crippen LogP contribution in [0, 0.1) is 5.92 Å². The van der Waals surface area contributed by atoms with Crippen LogP contribution >= 0.6 is 0 Å². The molecule has 1 aromatic heterocycles. The van der Waals surface area contributed by atoms with Crippen LogP contribution in [-0.4, -0.2) is 77.7 Å². The van der Waals surface area contributed by atoms with Crippen molar-refractivity contribution in [3.8, 4) is 0 Å². The van der Waals surface area contributed by atoms with Gasteiger partial charge in [0, 0.05) is 44.7 Å². The van der Waals surface area contributed by atoms with Crippen molar-refractivity contribution in [1.29, 1.82) is 0 Å². The summed E-state index contributed by atoms with van der Waals surface area (Å²) in [6.45, 7) is 6.68. The van der Waals surface area contributed by atoms with E-state index in [-0.39, 0.29) is 23.3 Å². The van der Waals surface area contributed by atoms with Crippen LogP contribution < -0.4 is 5.73 Å². The minimum Gasteiger partial charge on any atom is -0.446 e. The lowest BCUT2D eigenvalue weighted by Crippen LogP contribution is -2.36. The molecule has 8 heteroatoms. The summed E-state index contributed by atoms with van der Waals surface area (Å²) in [4.78, 5) is 42.5. The summed E-state index contributed by atoms with van der Waals surface area (Å²) < 4.78 is 5.25. The molecule has 4 rings (SSSR count). The molecule has 2 N–H and O–H groups in total. The number of nitrogens with zero attached hydrogens (tertiary/aromatic N) is 3. The first kappa shape index (κ1) is 20.7. The van der Waals surface area contributed by atoms with E-state index < -0.39 is 5.91 Å². The Bertz CT molecular complexity index is 887. The fourth-order valence-electron chi connectivity index (χ4n) is 5.00. The van der Waals surface area contributed by atoms with Crippen molar-refractivity contribution in [2.24, 2.45) is 11.7 Å². The highest BCUT2D eigenvalue weighted by molar-refractivity contribution is 5.95. The number of hydrogen-bond donors (Lipinski definition) is 1. The summed E-state index contributed by atoms with van der Waals surface area (Å²) in [5.74, 6) is -0.0896. The highest BCUT2D eigenvalue weighted by atomic mass is 16.4. The van der Waals surface area contributed by atoms with E-state index in [0.29, 0.717) is 50.6 Å².